The molecule has 5 rings (SSSR count). The van der Waals surface area contributed by atoms with Crippen molar-refractivity contribution in [2.24, 2.45) is 4.99 Å². The van der Waals surface area contributed by atoms with Crippen molar-refractivity contribution in [2.45, 2.75) is 25.4 Å². The number of anilines is 1. The monoisotopic (exact) mass is 533 g/mol. The quantitative estimate of drug-likeness (QED) is 0.384. The fourth-order valence-corrected chi connectivity index (χ4v) is 6.03. The zero-order valence-corrected chi connectivity index (χ0v) is 19.0. The summed E-state index contributed by atoms with van der Waals surface area (Å²) in [4.78, 5) is 9.22. The number of aliphatic imine (C=N–C) groups is 1. The summed E-state index contributed by atoms with van der Waals surface area (Å²) in [5.41, 5.74) is 9.41. The van der Waals surface area contributed by atoms with E-state index in [2.05, 4.69) is 23.1 Å². The van der Waals surface area contributed by atoms with Crippen LogP contribution < -0.4 is 5.73 Å². The van der Waals surface area contributed by atoms with E-state index in [-0.39, 0.29) is 17.8 Å². The SMILES string of the molecule is C[C@H](CC1=IC(OC[C@@H]2CO2)=NC(c2c(N)nn3cccnc23)=C1)c1ccc(F)cc1. The molecule has 0 spiro atoms. The molecular weight excluding hydrogens is 512 g/mol. The molecule has 7 nitrogen and oxygen atoms in total. The fourth-order valence-electron chi connectivity index (χ4n) is 3.39. The number of halogens is 2. The summed E-state index contributed by atoms with van der Waals surface area (Å²) in [7, 11) is 0. The number of benzene rings is 1. The number of nitrogen functional groups attached to an aromatic ring is 1. The van der Waals surface area contributed by atoms with Crippen molar-refractivity contribution in [3.63, 3.8) is 0 Å². The predicted molar refractivity (Wildman–Crippen MR) is 127 cm³/mol. The van der Waals surface area contributed by atoms with Crippen LogP contribution >= 0.6 is 20.7 Å². The molecule has 4 heterocycles. The number of nitrogens with two attached hydrogens (primary N) is 1. The van der Waals surface area contributed by atoms with Crippen molar-refractivity contribution in [1.29, 1.82) is 0 Å². The first-order valence-electron chi connectivity index (χ1n) is 9.97. The Labute approximate surface area is 188 Å². The van der Waals surface area contributed by atoms with Gasteiger partial charge in [-0.15, -0.1) is 5.10 Å². The molecule has 0 unspecified atom stereocenters. The maximum atomic E-state index is 13.3. The van der Waals surface area contributed by atoms with E-state index in [0.717, 1.165) is 22.5 Å². The molecule has 9 heteroatoms. The maximum Gasteiger partial charge on any atom is 0.247 e. The standard InChI is InChI=1S/C22H21FIN5O2/c1-13(14-3-5-15(23)6-4-14)9-16-10-18(27-22(24-16)31-12-17-11-30-17)19-20(25)28-29-8-2-7-26-21(19)29/h2-8,10,13,17H,9,11-12H2,1H3,(H2,25,28)/t13-,17+/m1/s1. The van der Waals surface area contributed by atoms with Gasteiger partial charge in [-0.2, -0.15) is 0 Å². The third-order valence-corrected chi connectivity index (χ3v) is 7.57. The minimum atomic E-state index is -0.562. The summed E-state index contributed by atoms with van der Waals surface area (Å²) in [6, 6.07) is 8.50. The Morgan fingerprint density at radius 2 is 2.16 bits per heavy atom. The van der Waals surface area contributed by atoms with E-state index in [4.69, 9.17) is 20.2 Å². The zero-order valence-electron chi connectivity index (χ0n) is 16.8. The molecule has 2 aliphatic rings. The largest absolute Gasteiger partial charge is 0.471 e. The number of hydrogen-bond donors (Lipinski definition) is 1. The first kappa shape index (κ1) is 20.3. The van der Waals surface area contributed by atoms with Gasteiger partial charge < -0.3 is 15.2 Å². The van der Waals surface area contributed by atoms with Gasteiger partial charge in [0.1, 0.15) is 18.5 Å². The van der Waals surface area contributed by atoms with Gasteiger partial charge in [-0.1, -0.05) is 19.1 Å². The number of rotatable bonds is 6. The summed E-state index contributed by atoms with van der Waals surface area (Å²) in [5.74, 6) is 0.389. The number of fused-ring (bicyclic) bond motifs is 1. The van der Waals surface area contributed by atoms with Gasteiger partial charge in [0.2, 0.25) is 3.90 Å². The Balaban J connectivity index is 1.48. The topological polar surface area (TPSA) is 90.3 Å². The molecule has 1 aromatic carbocycles. The molecule has 0 saturated carbocycles. The fraction of sp³-hybridized carbons (Fsp3) is 0.273. The van der Waals surface area contributed by atoms with Gasteiger partial charge >= 0.3 is 0 Å². The van der Waals surface area contributed by atoms with Crippen LogP contribution in [0, 0.1) is 5.82 Å². The van der Waals surface area contributed by atoms with Gasteiger partial charge in [0.05, 0.1) is 17.9 Å². The van der Waals surface area contributed by atoms with Crippen LogP contribution in [-0.4, -0.2) is 41.3 Å². The number of epoxide rings is 1. The highest BCUT2D eigenvalue weighted by Gasteiger charge is 2.25. The Morgan fingerprint density at radius 1 is 1.35 bits per heavy atom. The van der Waals surface area contributed by atoms with E-state index < -0.39 is 20.7 Å². The molecule has 0 bridgehead atoms. The molecule has 1 saturated heterocycles. The van der Waals surface area contributed by atoms with Crippen molar-refractivity contribution in [2.75, 3.05) is 18.9 Å². The van der Waals surface area contributed by atoms with E-state index in [1.54, 1.807) is 16.8 Å². The molecule has 0 amide bonds. The predicted octanol–water partition coefficient (Wildman–Crippen LogP) is 3.91. The van der Waals surface area contributed by atoms with Gasteiger partial charge in [0.15, 0.2) is 11.5 Å². The highest BCUT2D eigenvalue weighted by molar-refractivity contribution is 14.2. The number of nitrogens with zero attached hydrogens (tertiary/aromatic N) is 4. The average molecular weight is 533 g/mol. The minimum Gasteiger partial charge on any atom is -0.471 e. The van der Waals surface area contributed by atoms with E-state index in [0.29, 0.717) is 29.3 Å². The summed E-state index contributed by atoms with van der Waals surface area (Å²) in [6.07, 6.45) is 6.60. The highest BCUT2D eigenvalue weighted by Crippen LogP contribution is 2.33. The lowest BCUT2D eigenvalue weighted by molar-refractivity contribution is 0.261. The lowest BCUT2D eigenvalue weighted by Gasteiger charge is -2.17. The molecule has 3 aromatic rings. The smallest absolute Gasteiger partial charge is 0.247 e. The van der Waals surface area contributed by atoms with E-state index >= 15 is 0 Å². The van der Waals surface area contributed by atoms with Gasteiger partial charge in [-0.3, -0.25) is 0 Å². The molecule has 2 N–H and O–H groups in total. The molecule has 2 atom stereocenters. The van der Waals surface area contributed by atoms with Crippen LogP contribution in [0.4, 0.5) is 10.2 Å². The normalized spacial score (nSPS) is 19.2. The molecule has 160 valence electrons. The van der Waals surface area contributed by atoms with Crippen LogP contribution in [0.15, 0.2) is 53.8 Å². The molecule has 1 fully saturated rings. The summed E-state index contributed by atoms with van der Waals surface area (Å²) < 4.78 is 28.2. The minimum absolute atomic E-state index is 0.159. The van der Waals surface area contributed by atoms with Crippen LogP contribution in [0.3, 0.4) is 0 Å². The zero-order chi connectivity index (χ0) is 21.4. The Morgan fingerprint density at radius 3 is 2.94 bits per heavy atom. The maximum absolute atomic E-state index is 13.3. The Hall–Kier alpha value is -2.66. The first-order valence-corrected chi connectivity index (χ1v) is 12.1. The lowest BCUT2D eigenvalue weighted by Crippen LogP contribution is -2.11. The second-order valence-electron chi connectivity index (χ2n) is 7.51. The molecule has 31 heavy (non-hydrogen) atoms. The van der Waals surface area contributed by atoms with Crippen LogP contribution in [0.25, 0.3) is 11.3 Å². The van der Waals surface area contributed by atoms with Crippen molar-refractivity contribution >= 4 is 45.3 Å². The molecule has 0 radical (unpaired) electrons. The van der Waals surface area contributed by atoms with Gasteiger partial charge in [0.25, 0.3) is 0 Å². The highest BCUT2D eigenvalue weighted by atomic mass is 127. The first-order chi connectivity index (χ1) is 15.1. The number of ether oxygens (including phenoxy) is 2. The molecular formula is C22H21FIN5O2. The summed E-state index contributed by atoms with van der Waals surface area (Å²) in [6.45, 7) is 3.39. The van der Waals surface area contributed by atoms with Crippen LogP contribution in [0.5, 0.6) is 0 Å². The number of hydrogen-bond acceptors (Lipinski definition) is 6. The third-order valence-electron chi connectivity index (χ3n) is 5.11. The second-order valence-corrected chi connectivity index (χ2v) is 10.4. The van der Waals surface area contributed by atoms with E-state index in [1.807, 2.05) is 18.3 Å². The molecule has 2 aromatic heterocycles. The Bertz CT molecular complexity index is 1210. The number of allylic oxidation sites excluding steroid dienone is 1. The average Bonchev–Trinajstić information content (AvgIpc) is 3.53. The van der Waals surface area contributed by atoms with Crippen molar-refractivity contribution in [3.8, 4) is 0 Å². The summed E-state index contributed by atoms with van der Waals surface area (Å²) >= 11 is -0.562. The number of aromatic nitrogens is 3. The third kappa shape index (κ3) is 4.52. The van der Waals surface area contributed by atoms with Gasteiger partial charge in [-0.25, -0.2) is 18.9 Å². The van der Waals surface area contributed by atoms with Crippen molar-refractivity contribution < 1.29 is 13.9 Å². The lowest BCUT2D eigenvalue weighted by atomic mass is 9.96. The van der Waals surface area contributed by atoms with Crippen molar-refractivity contribution in [3.05, 3.63) is 65.7 Å². The molecule has 2 aliphatic heterocycles. The van der Waals surface area contributed by atoms with Crippen LogP contribution in [-0.2, 0) is 9.47 Å². The van der Waals surface area contributed by atoms with E-state index in [9.17, 15) is 4.39 Å². The Kier molecular flexibility index (Phi) is 5.53. The van der Waals surface area contributed by atoms with Crippen LogP contribution in [0.2, 0.25) is 0 Å². The van der Waals surface area contributed by atoms with Gasteiger partial charge in [-0.05, 0) is 66.4 Å². The van der Waals surface area contributed by atoms with E-state index in [1.165, 1.54) is 15.6 Å². The molecule has 0 aliphatic carbocycles. The van der Waals surface area contributed by atoms with Gasteiger partial charge in [0, 0.05) is 12.4 Å². The second kappa shape index (κ2) is 8.46. The van der Waals surface area contributed by atoms with Crippen molar-refractivity contribution in [1.82, 2.24) is 14.6 Å². The van der Waals surface area contributed by atoms with Crippen LogP contribution in [0.1, 0.15) is 30.4 Å². The summed E-state index contributed by atoms with van der Waals surface area (Å²) in [5, 5.41) is 4.36.